The molecule has 98 valence electrons. The molecule has 1 nitrogen and oxygen atoms in total. The molecule has 0 aliphatic carbocycles. The van der Waals surface area contributed by atoms with Crippen LogP contribution in [-0.4, -0.2) is 14.1 Å². The van der Waals surface area contributed by atoms with Crippen LogP contribution in [0.3, 0.4) is 0 Å². The quantitative estimate of drug-likeness (QED) is 0.700. The Balaban J connectivity index is 2.23. The minimum atomic E-state index is 0.661. The molecule has 3 heteroatoms. The molecule has 19 heavy (non-hydrogen) atoms. The Labute approximate surface area is 124 Å². The van der Waals surface area contributed by atoms with E-state index in [-0.39, 0.29) is 0 Å². The van der Waals surface area contributed by atoms with E-state index in [0.29, 0.717) is 10.0 Å². The number of nitrogens with zero attached hydrogens (tertiary/aromatic N) is 1. The van der Waals surface area contributed by atoms with E-state index in [1.54, 1.807) is 0 Å². The van der Waals surface area contributed by atoms with Crippen molar-refractivity contribution < 1.29 is 0 Å². The molecule has 0 spiro atoms. The summed E-state index contributed by atoms with van der Waals surface area (Å²) < 4.78 is 0. The number of rotatable bonds is 3. The maximum absolute atomic E-state index is 6.12. The largest absolute Gasteiger partial charge is 0.378 e. The van der Waals surface area contributed by atoms with Gasteiger partial charge in [-0.05, 0) is 29.8 Å². The topological polar surface area (TPSA) is 3.24 Å². The van der Waals surface area contributed by atoms with Crippen LogP contribution in [-0.2, 0) is 0 Å². The van der Waals surface area contributed by atoms with E-state index in [4.69, 9.17) is 23.2 Å². The molecule has 0 aliphatic rings. The fourth-order valence-electron chi connectivity index (χ4n) is 1.73. The molecular formula is C16H15Cl2N. The van der Waals surface area contributed by atoms with Gasteiger partial charge in [-0.2, -0.15) is 0 Å². The average Bonchev–Trinajstić information content (AvgIpc) is 2.38. The summed E-state index contributed by atoms with van der Waals surface area (Å²) in [5.74, 6) is 0. The average molecular weight is 292 g/mol. The van der Waals surface area contributed by atoms with Gasteiger partial charge in [-0.15, -0.1) is 0 Å². The van der Waals surface area contributed by atoms with Crippen molar-refractivity contribution in [1.82, 2.24) is 0 Å². The van der Waals surface area contributed by atoms with Gasteiger partial charge in [-0.25, -0.2) is 0 Å². The van der Waals surface area contributed by atoms with Crippen LogP contribution in [0.4, 0.5) is 5.69 Å². The first kappa shape index (κ1) is 14.0. The summed E-state index contributed by atoms with van der Waals surface area (Å²) in [6, 6.07) is 13.8. The van der Waals surface area contributed by atoms with Gasteiger partial charge in [0.2, 0.25) is 0 Å². The first-order valence-electron chi connectivity index (χ1n) is 5.97. The summed E-state index contributed by atoms with van der Waals surface area (Å²) in [6.45, 7) is 0. The molecule has 0 heterocycles. The highest BCUT2D eigenvalue weighted by atomic mass is 35.5. The van der Waals surface area contributed by atoms with Crippen molar-refractivity contribution >= 4 is 41.0 Å². The second kappa shape index (κ2) is 6.14. The van der Waals surface area contributed by atoms with Crippen LogP contribution in [0, 0.1) is 0 Å². The van der Waals surface area contributed by atoms with Crippen molar-refractivity contribution in [3.05, 3.63) is 63.6 Å². The zero-order valence-electron chi connectivity index (χ0n) is 10.9. The van der Waals surface area contributed by atoms with E-state index in [1.165, 1.54) is 5.69 Å². The van der Waals surface area contributed by atoms with E-state index < -0.39 is 0 Å². The van der Waals surface area contributed by atoms with Crippen LogP contribution in [0.25, 0.3) is 12.2 Å². The Morgan fingerprint density at radius 2 is 1.42 bits per heavy atom. The molecule has 0 radical (unpaired) electrons. The van der Waals surface area contributed by atoms with Gasteiger partial charge in [0.05, 0.1) is 0 Å². The van der Waals surface area contributed by atoms with Crippen molar-refractivity contribution in [1.29, 1.82) is 0 Å². The predicted octanol–water partition coefficient (Wildman–Crippen LogP) is 5.23. The van der Waals surface area contributed by atoms with Gasteiger partial charge in [0.15, 0.2) is 0 Å². The summed E-state index contributed by atoms with van der Waals surface area (Å²) in [4.78, 5) is 2.07. The lowest BCUT2D eigenvalue weighted by atomic mass is 10.1. The van der Waals surface area contributed by atoms with Crippen LogP contribution in [0.15, 0.2) is 42.5 Å². The molecule has 0 amide bonds. The van der Waals surface area contributed by atoms with E-state index in [0.717, 1.165) is 11.1 Å². The van der Waals surface area contributed by atoms with Crippen molar-refractivity contribution in [2.24, 2.45) is 0 Å². The van der Waals surface area contributed by atoms with Gasteiger partial charge in [0.25, 0.3) is 0 Å². The molecule has 0 unspecified atom stereocenters. The first-order chi connectivity index (χ1) is 9.08. The van der Waals surface area contributed by atoms with Crippen molar-refractivity contribution in [3.63, 3.8) is 0 Å². The third-order valence-corrected chi connectivity index (χ3v) is 3.51. The number of hydrogen-bond donors (Lipinski definition) is 0. The zero-order valence-corrected chi connectivity index (χ0v) is 12.4. The number of halogens is 2. The first-order valence-corrected chi connectivity index (χ1v) is 6.73. The Morgan fingerprint density at radius 3 is 1.95 bits per heavy atom. The van der Waals surface area contributed by atoms with Crippen LogP contribution in [0.1, 0.15) is 11.1 Å². The monoisotopic (exact) mass is 291 g/mol. The van der Waals surface area contributed by atoms with Crippen molar-refractivity contribution in [2.45, 2.75) is 0 Å². The van der Waals surface area contributed by atoms with Crippen LogP contribution in [0.2, 0.25) is 10.0 Å². The van der Waals surface area contributed by atoms with Gasteiger partial charge in [-0.3, -0.25) is 0 Å². The fourth-order valence-corrected chi connectivity index (χ4v) is 2.26. The molecule has 0 aromatic heterocycles. The van der Waals surface area contributed by atoms with Crippen molar-refractivity contribution in [3.8, 4) is 0 Å². The Kier molecular flexibility index (Phi) is 4.52. The number of hydrogen-bond acceptors (Lipinski definition) is 1. The summed E-state index contributed by atoms with van der Waals surface area (Å²) in [7, 11) is 4.04. The van der Waals surface area contributed by atoms with Crippen molar-refractivity contribution in [2.75, 3.05) is 19.0 Å². The lowest BCUT2D eigenvalue weighted by molar-refractivity contribution is 1.13. The minimum Gasteiger partial charge on any atom is -0.378 e. The van der Waals surface area contributed by atoms with E-state index in [2.05, 4.69) is 29.2 Å². The van der Waals surface area contributed by atoms with Gasteiger partial charge >= 0.3 is 0 Å². The smallest absolute Gasteiger partial charge is 0.0493 e. The summed E-state index contributed by atoms with van der Waals surface area (Å²) in [5.41, 5.74) is 3.14. The lowest BCUT2D eigenvalue weighted by Crippen LogP contribution is -2.07. The highest BCUT2D eigenvalue weighted by molar-refractivity contribution is 6.37. The third kappa shape index (κ3) is 3.52. The molecule has 2 aromatic carbocycles. The second-order valence-corrected chi connectivity index (χ2v) is 5.27. The molecular weight excluding hydrogens is 277 g/mol. The molecule has 0 saturated carbocycles. The SMILES string of the molecule is CN(C)c1ccc(/C=C/c2c(Cl)cccc2Cl)cc1. The highest BCUT2D eigenvalue weighted by Gasteiger charge is 2.01. The Morgan fingerprint density at radius 1 is 0.842 bits per heavy atom. The molecule has 0 atom stereocenters. The third-order valence-electron chi connectivity index (χ3n) is 2.85. The van der Waals surface area contributed by atoms with Crippen LogP contribution >= 0.6 is 23.2 Å². The maximum Gasteiger partial charge on any atom is 0.0493 e. The highest BCUT2D eigenvalue weighted by Crippen LogP contribution is 2.26. The zero-order chi connectivity index (χ0) is 13.8. The Bertz CT molecular complexity index is 566. The van der Waals surface area contributed by atoms with Gasteiger partial charge in [0, 0.05) is 35.4 Å². The van der Waals surface area contributed by atoms with Crippen LogP contribution in [0.5, 0.6) is 0 Å². The standard InChI is InChI=1S/C16H15Cl2N/c1-19(2)13-9-6-12(7-10-13)8-11-14-15(17)4-3-5-16(14)18/h3-11H,1-2H3/b11-8+. The second-order valence-electron chi connectivity index (χ2n) is 4.45. The fraction of sp³-hybridized carbons (Fsp3) is 0.125. The van der Waals surface area contributed by atoms with E-state index >= 15 is 0 Å². The predicted molar refractivity (Wildman–Crippen MR) is 86.2 cm³/mol. The molecule has 0 saturated heterocycles. The molecule has 0 bridgehead atoms. The minimum absolute atomic E-state index is 0.661. The maximum atomic E-state index is 6.12. The molecule has 2 aromatic rings. The molecule has 0 N–H and O–H groups in total. The summed E-state index contributed by atoms with van der Waals surface area (Å²) in [5, 5.41) is 1.32. The van der Waals surface area contributed by atoms with Gasteiger partial charge in [-0.1, -0.05) is 53.6 Å². The van der Waals surface area contributed by atoms with E-state index in [1.807, 2.05) is 44.4 Å². The number of benzene rings is 2. The lowest BCUT2D eigenvalue weighted by Gasteiger charge is -2.11. The normalized spacial score (nSPS) is 10.9. The summed E-state index contributed by atoms with van der Waals surface area (Å²) in [6.07, 6.45) is 3.95. The molecule has 0 aliphatic heterocycles. The van der Waals surface area contributed by atoms with Gasteiger partial charge < -0.3 is 4.90 Å². The van der Waals surface area contributed by atoms with Crippen LogP contribution < -0.4 is 4.90 Å². The number of anilines is 1. The molecule has 2 rings (SSSR count). The van der Waals surface area contributed by atoms with Gasteiger partial charge in [0.1, 0.15) is 0 Å². The van der Waals surface area contributed by atoms with E-state index in [9.17, 15) is 0 Å². The molecule has 0 fully saturated rings. The Hall–Kier alpha value is -1.44. The summed E-state index contributed by atoms with van der Waals surface area (Å²) >= 11 is 12.2.